The molecule has 1 aromatic heterocycles. The van der Waals surface area contributed by atoms with Gasteiger partial charge in [0, 0.05) is 6.07 Å². The van der Waals surface area contributed by atoms with Crippen LogP contribution in [0.1, 0.15) is 24.3 Å². The first-order chi connectivity index (χ1) is 14.0. The second-order valence-electron chi connectivity index (χ2n) is 6.64. The van der Waals surface area contributed by atoms with Crippen molar-refractivity contribution in [3.05, 3.63) is 72.0 Å². The van der Waals surface area contributed by atoms with Gasteiger partial charge < -0.3 is 15.2 Å². The zero-order chi connectivity index (χ0) is 20.6. The van der Waals surface area contributed by atoms with E-state index in [4.69, 9.17) is 4.52 Å². The molecule has 6 nitrogen and oxygen atoms in total. The van der Waals surface area contributed by atoms with Crippen molar-refractivity contribution in [3.63, 3.8) is 0 Å². The first-order valence-corrected chi connectivity index (χ1v) is 10.4. The van der Waals surface area contributed by atoms with Crippen molar-refractivity contribution >= 4 is 29.4 Å². The van der Waals surface area contributed by atoms with E-state index in [1.807, 2.05) is 37.3 Å². The Hall–Kier alpha value is -3.06. The van der Waals surface area contributed by atoms with Crippen LogP contribution in [-0.4, -0.2) is 28.5 Å². The second kappa shape index (κ2) is 9.93. The minimum absolute atomic E-state index is 0.111. The summed E-state index contributed by atoms with van der Waals surface area (Å²) in [5, 5.41) is 9.29. The number of anilines is 1. The minimum Gasteiger partial charge on any atom is -0.360 e. The fourth-order valence-corrected chi connectivity index (χ4v) is 3.43. The van der Waals surface area contributed by atoms with Crippen LogP contribution in [0.3, 0.4) is 0 Å². The number of amides is 2. The molecule has 0 fully saturated rings. The van der Waals surface area contributed by atoms with E-state index in [1.165, 1.54) is 11.8 Å². The SMILES string of the molecule is Cc1cc(NC(=O)CSCC(=O)NC(C)c2ccc(-c3ccccc3)cc2)no1. The molecule has 1 unspecified atom stereocenters. The molecule has 0 saturated heterocycles. The first kappa shape index (κ1) is 20.7. The topological polar surface area (TPSA) is 84.2 Å². The Bertz CT molecular complexity index is 955. The van der Waals surface area contributed by atoms with Gasteiger partial charge in [-0.1, -0.05) is 59.8 Å². The predicted molar refractivity (Wildman–Crippen MR) is 116 cm³/mol. The van der Waals surface area contributed by atoms with Crippen molar-refractivity contribution in [2.45, 2.75) is 19.9 Å². The lowest BCUT2D eigenvalue weighted by atomic mass is 10.0. The van der Waals surface area contributed by atoms with Crippen molar-refractivity contribution in [2.75, 3.05) is 16.8 Å². The smallest absolute Gasteiger partial charge is 0.235 e. The van der Waals surface area contributed by atoms with Gasteiger partial charge in [0.25, 0.3) is 0 Å². The van der Waals surface area contributed by atoms with Crippen LogP contribution in [0.5, 0.6) is 0 Å². The number of carbonyl (C=O) groups is 2. The summed E-state index contributed by atoms with van der Waals surface area (Å²) in [6.07, 6.45) is 0. The first-order valence-electron chi connectivity index (χ1n) is 9.27. The summed E-state index contributed by atoms with van der Waals surface area (Å²) < 4.78 is 4.89. The molecular weight excluding hydrogens is 386 g/mol. The molecule has 29 heavy (non-hydrogen) atoms. The van der Waals surface area contributed by atoms with E-state index in [-0.39, 0.29) is 29.4 Å². The van der Waals surface area contributed by atoms with Crippen LogP contribution in [0, 0.1) is 6.92 Å². The van der Waals surface area contributed by atoms with Crippen LogP contribution >= 0.6 is 11.8 Å². The van der Waals surface area contributed by atoms with Crippen LogP contribution in [0.25, 0.3) is 11.1 Å². The highest BCUT2D eigenvalue weighted by Crippen LogP contribution is 2.21. The van der Waals surface area contributed by atoms with Gasteiger partial charge >= 0.3 is 0 Å². The predicted octanol–water partition coefficient (Wildman–Crippen LogP) is 4.20. The molecular formula is C22H23N3O3S. The third kappa shape index (κ3) is 6.22. The lowest BCUT2D eigenvalue weighted by Crippen LogP contribution is -2.28. The van der Waals surface area contributed by atoms with E-state index >= 15 is 0 Å². The largest absolute Gasteiger partial charge is 0.360 e. The van der Waals surface area contributed by atoms with Gasteiger partial charge in [0.05, 0.1) is 17.5 Å². The third-order valence-corrected chi connectivity index (χ3v) is 5.19. The molecule has 2 N–H and O–H groups in total. The number of nitrogens with zero attached hydrogens (tertiary/aromatic N) is 1. The van der Waals surface area contributed by atoms with Gasteiger partial charge in [0.1, 0.15) is 5.76 Å². The Morgan fingerprint density at radius 1 is 1.00 bits per heavy atom. The zero-order valence-corrected chi connectivity index (χ0v) is 17.2. The van der Waals surface area contributed by atoms with Crippen LogP contribution in [0.15, 0.2) is 65.2 Å². The second-order valence-corrected chi connectivity index (χ2v) is 7.63. The van der Waals surface area contributed by atoms with E-state index in [2.05, 4.69) is 40.1 Å². The molecule has 150 valence electrons. The van der Waals surface area contributed by atoms with Crippen molar-refractivity contribution in [2.24, 2.45) is 0 Å². The molecule has 1 atom stereocenters. The summed E-state index contributed by atoms with van der Waals surface area (Å²) in [6, 6.07) is 19.8. The van der Waals surface area contributed by atoms with Crippen LogP contribution < -0.4 is 10.6 Å². The number of aromatic nitrogens is 1. The highest BCUT2D eigenvalue weighted by Gasteiger charge is 2.12. The fourth-order valence-electron chi connectivity index (χ4n) is 2.80. The van der Waals surface area contributed by atoms with E-state index in [0.29, 0.717) is 11.6 Å². The molecule has 0 aliphatic carbocycles. The summed E-state index contributed by atoms with van der Waals surface area (Å²) in [5.41, 5.74) is 3.32. The Balaban J connectivity index is 1.42. The minimum atomic E-state index is -0.222. The van der Waals surface area contributed by atoms with Gasteiger partial charge in [0.2, 0.25) is 11.8 Å². The Labute approximate surface area is 174 Å². The van der Waals surface area contributed by atoms with Gasteiger partial charge in [-0.2, -0.15) is 0 Å². The average Bonchev–Trinajstić information content (AvgIpc) is 3.13. The lowest BCUT2D eigenvalue weighted by Gasteiger charge is -2.15. The quantitative estimate of drug-likeness (QED) is 0.583. The molecule has 7 heteroatoms. The standard InChI is InChI=1S/C22H23N3O3S/c1-15-12-20(25-28-15)24-22(27)14-29-13-21(26)23-16(2)17-8-10-19(11-9-17)18-6-4-3-5-7-18/h3-12,16H,13-14H2,1-2H3,(H,23,26)(H,24,25,27). The van der Waals surface area contributed by atoms with E-state index in [9.17, 15) is 9.59 Å². The number of rotatable bonds is 8. The van der Waals surface area contributed by atoms with Gasteiger partial charge in [-0.3, -0.25) is 9.59 Å². The normalized spacial score (nSPS) is 11.7. The zero-order valence-electron chi connectivity index (χ0n) is 16.3. The molecule has 3 rings (SSSR count). The Morgan fingerprint density at radius 3 is 2.31 bits per heavy atom. The molecule has 2 aromatic carbocycles. The lowest BCUT2D eigenvalue weighted by molar-refractivity contribution is -0.119. The molecule has 2 amide bonds. The van der Waals surface area contributed by atoms with Gasteiger partial charge in [-0.25, -0.2) is 0 Å². The van der Waals surface area contributed by atoms with Crippen molar-refractivity contribution in [1.82, 2.24) is 10.5 Å². The molecule has 0 spiro atoms. The van der Waals surface area contributed by atoms with Crippen LogP contribution in [0.2, 0.25) is 0 Å². The monoisotopic (exact) mass is 409 g/mol. The number of thioether (sulfide) groups is 1. The highest BCUT2D eigenvalue weighted by atomic mass is 32.2. The van der Waals surface area contributed by atoms with E-state index in [1.54, 1.807) is 13.0 Å². The Morgan fingerprint density at radius 2 is 1.66 bits per heavy atom. The van der Waals surface area contributed by atoms with Gasteiger partial charge in [0.15, 0.2) is 5.82 Å². The number of benzene rings is 2. The van der Waals surface area contributed by atoms with Crippen molar-refractivity contribution in [3.8, 4) is 11.1 Å². The summed E-state index contributed by atoms with van der Waals surface area (Å²) in [7, 11) is 0. The van der Waals surface area contributed by atoms with Gasteiger partial charge in [-0.15, -0.1) is 11.8 Å². The summed E-state index contributed by atoms with van der Waals surface area (Å²) in [6.45, 7) is 3.69. The van der Waals surface area contributed by atoms with Crippen LogP contribution in [-0.2, 0) is 9.59 Å². The number of carbonyl (C=O) groups excluding carboxylic acids is 2. The third-order valence-electron chi connectivity index (χ3n) is 4.26. The van der Waals surface area contributed by atoms with Crippen molar-refractivity contribution in [1.29, 1.82) is 0 Å². The fraction of sp³-hybridized carbons (Fsp3) is 0.227. The molecule has 1 heterocycles. The molecule has 0 bridgehead atoms. The number of nitrogens with one attached hydrogen (secondary N) is 2. The molecule has 0 saturated carbocycles. The summed E-state index contributed by atoms with van der Waals surface area (Å²) in [5.74, 6) is 1.04. The Kier molecular flexibility index (Phi) is 7.08. The molecule has 0 radical (unpaired) electrons. The summed E-state index contributed by atoms with van der Waals surface area (Å²) >= 11 is 1.25. The summed E-state index contributed by atoms with van der Waals surface area (Å²) in [4.78, 5) is 24.0. The maximum absolute atomic E-state index is 12.2. The number of hydrogen-bond donors (Lipinski definition) is 2. The van der Waals surface area contributed by atoms with E-state index < -0.39 is 0 Å². The van der Waals surface area contributed by atoms with Crippen LogP contribution in [0.4, 0.5) is 5.82 Å². The molecule has 3 aromatic rings. The highest BCUT2D eigenvalue weighted by molar-refractivity contribution is 8.00. The average molecular weight is 410 g/mol. The number of aryl methyl sites for hydroxylation is 1. The van der Waals surface area contributed by atoms with Crippen molar-refractivity contribution < 1.29 is 14.1 Å². The maximum Gasteiger partial charge on any atom is 0.235 e. The molecule has 0 aliphatic heterocycles. The molecule has 0 aliphatic rings. The van der Waals surface area contributed by atoms with E-state index in [0.717, 1.165) is 16.7 Å². The van der Waals surface area contributed by atoms with Gasteiger partial charge in [-0.05, 0) is 30.5 Å². The maximum atomic E-state index is 12.2. The number of hydrogen-bond acceptors (Lipinski definition) is 5.